The third kappa shape index (κ3) is 5.35. The minimum Gasteiger partial charge on any atom is -0.384 e. The van der Waals surface area contributed by atoms with Crippen LogP contribution < -0.4 is 10.2 Å². The van der Waals surface area contributed by atoms with Gasteiger partial charge in [0.05, 0.1) is 5.52 Å². The highest BCUT2D eigenvalue weighted by Gasteiger charge is 2.25. The Morgan fingerprint density at radius 2 is 1.56 bits per heavy atom. The van der Waals surface area contributed by atoms with Gasteiger partial charge in [-0.05, 0) is 74.3 Å². The number of benzene rings is 3. The maximum Gasteiger partial charge on any atom is 0.0737 e. The number of hydrogen-bond donors (Lipinski definition) is 1. The first-order valence-corrected chi connectivity index (χ1v) is 12.6. The summed E-state index contributed by atoms with van der Waals surface area (Å²) in [7, 11) is 0. The Labute approximate surface area is 207 Å². The average molecular weight is 471 g/mol. The Kier molecular flexibility index (Phi) is 7.28. The zero-order valence-corrected chi connectivity index (χ0v) is 20.2. The zero-order valence-electron chi connectivity index (χ0n) is 19.4. The second-order valence-electron chi connectivity index (χ2n) is 8.91. The molecule has 5 rings (SSSR count). The zero-order chi connectivity index (χ0) is 23.2. The molecule has 0 unspecified atom stereocenters. The third-order valence-electron chi connectivity index (χ3n) is 6.66. The van der Waals surface area contributed by atoms with Crippen molar-refractivity contribution in [2.24, 2.45) is 0 Å². The molecule has 4 nitrogen and oxygen atoms in total. The average Bonchev–Trinajstić information content (AvgIpc) is 2.89. The number of halogens is 1. The van der Waals surface area contributed by atoms with Crippen molar-refractivity contribution in [2.45, 2.75) is 25.3 Å². The quantitative estimate of drug-likeness (QED) is 0.281. The van der Waals surface area contributed by atoms with E-state index in [2.05, 4.69) is 80.8 Å². The van der Waals surface area contributed by atoms with Crippen molar-refractivity contribution in [1.29, 1.82) is 0 Å². The summed E-state index contributed by atoms with van der Waals surface area (Å²) in [6.07, 6.45) is 5.31. The molecule has 1 aliphatic rings. The third-order valence-corrected chi connectivity index (χ3v) is 6.90. The van der Waals surface area contributed by atoms with Crippen LogP contribution in [0, 0.1) is 0 Å². The lowest BCUT2D eigenvalue weighted by molar-refractivity contribution is 0.212. The van der Waals surface area contributed by atoms with E-state index >= 15 is 0 Å². The van der Waals surface area contributed by atoms with Crippen molar-refractivity contribution in [3.63, 3.8) is 0 Å². The summed E-state index contributed by atoms with van der Waals surface area (Å²) < 4.78 is 0. The minimum absolute atomic E-state index is 0.522. The minimum atomic E-state index is 0.522. The molecule has 0 aliphatic carbocycles. The van der Waals surface area contributed by atoms with E-state index in [4.69, 9.17) is 11.6 Å². The molecule has 1 N–H and O–H groups in total. The van der Waals surface area contributed by atoms with Crippen LogP contribution in [0.25, 0.3) is 10.9 Å². The predicted molar refractivity (Wildman–Crippen MR) is 144 cm³/mol. The number of anilines is 3. The number of para-hydroxylation sites is 2. The maximum absolute atomic E-state index is 6.11. The van der Waals surface area contributed by atoms with Crippen LogP contribution in [-0.2, 0) is 0 Å². The fourth-order valence-corrected chi connectivity index (χ4v) is 5.12. The van der Waals surface area contributed by atoms with Crippen LogP contribution in [0.3, 0.4) is 0 Å². The summed E-state index contributed by atoms with van der Waals surface area (Å²) in [6.45, 7) is 4.34. The molecular formula is C29H31ClN4. The van der Waals surface area contributed by atoms with Gasteiger partial charge in [0, 0.05) is 59.3 Å². The standard InChI is InChI=1S/C29H31ClN4/c30-23-12-13-27-28(14-18-32-29(27)22-23)31-17-7-19-33-20-15-26(16-21-33)34(24-8-3-1-4-9-24)25-10-5-2-6-11-25/h1-6,8-14,18,22,26H,7,15-17,19-21H2,(H,31,32). The fraction of sp³-hybridized carbons (Fsp3) is 0.276. The SMILES string of the molecule is Clc1ccc2c(NCCCN3CCC(N(c4ccccc4)c4ccccc4)CC3)ccnc2c1. The highest BCUT2D eigenvalue weighted by atomic mass is 35.5. The fourth-order valence-electron chi connectivity index (χ4n) is 4.95. The van der Waals surface area contributed by atoms with E-state index in [-0.39, 0.29) is 0 Å². The Balaban J connectivity index is 1.14. The molecule has 1 saturated heterocycles. The van der Waals surface area contributed by atoms with Crippen LogP contribution in [0.5, 0.6) is 0 Å². The van der Waals surface area contributed by atoms with Crippen LogP contribution in [0.1, 0.15) is 19.3 Å². The molecule has 3 aromatic carbocycles. The van der Waals surface area contributed by atoms with E-state index in [1.165, 1.54) is 24.2 Å². The summed E-state index contributed by atoms with van der Waals surface area (Å²) in [5.41, 5.74) is 4.62. The van der Waals surface area contributed by atoms with E-state index in [1.54, 1.807) is 0 Å². The Hall–Kier alpha value is -3.08. The molecule has 4 aromatic rings. The second-order valence-corrected chi connectivity index (χ2v) is 9.35. The van der Waals surface area contributed by atoms with Gasteiger partial charge >= 0.3 is 0 Å². The number of nitrogens with zero attached hydrogens (tertiary/aromatic N) is 3. The van der Waals surface area contributed by atoms with Crippen LogP contribution in [0.2, 0.25) is 5.02 Å². The Bertz CT molecular complexity index is 1150. The van der Waals surface area contributed by atoms with Crippen LogP contribution in [0.4, 0.5) is 17.1 Å². The van der Waals surface area contributed by atoms with Gasteiger partial charge in [-0.15, -0.1) is 0 Å². The van der Waals surface area contributed by atoms with Crippen molar-refractivity contribution in [1.82, 2.24) is 9.88 Å². The summed E-state index contributed by atoms with van der Waals surface area (Å²) in [5, 5.41) is 5.44. The number of likely N-dealkylation sites (tertiary alicyclic amines) is 1. The number of fused-ring (bicyclic) bond motifs is 1. The number of nitrogens with one attached hydrogen (secondary N) is 1. The molecule has 0 atom stereocenters. The number of aromatic nitrogens is 1. The number of hydrogen-bond acceptors (Lipinski definition) is 4. The highest BCUT2D eigenvalue weighted by Crippen LogP contribution is 2.32. The lowest BCUT2D eigenvalue weighted by Crippen LogP contribution is -2.43. The van der Waals surface area contributed by atoms with Gasteiger partial charge in [-0.25, -0.2) is 0 Å². The number of pyridine rings is 1. The van der Waals surface area contributed by atoms with Crippen LogP contribution in [-0.4, -0.2) is 42.1 Å². The molecule has 0 bridgehead atoms. The van der Waals surface area contributed by atoms with Crippen LogP contribution in [0.15, 0.2) is 91.1 Å². The predicted octanol–water partition coefficient (Wildman–Crippen LogP) is 6.99. The molecular weight excluding hydrogens is 440 g/mol. The van der Waals surface area contributed by atoms with E-state index in [0.29, 0.717) is 6.04 Å². The monoisotopic (exact) mass is 470 g/mol. The van der Waals surface area contributed by atoms with Crippen LogP contribution >= 0.6 is 11.6 Å². The van der Waals surface area contributed by atoms with Gasteiger partial charge in [-0.2, -0.15) is 0 Å². The second kappa shape index (κ2) is 10.9. The summed E-state index contributed by atoms with van der Waals surface area (Å²) in [6, 6.07) is 30.1. The van der Waals surface area contributed by atoms with Crippen molar-refractivity contribution in [2.75, 3.05) is 36.4 Å². The van der Waals surface area contributed by atoms with Crippen molar-refractivity contribution >= 4 is 39.6 Å². The first-order chi connectivity index (χ1) is 16.8. The van der Waals surface area contributed by atoms with Gasteiger partial charge in [-0.1, -0.05) is 48.0 Å². The highest BCUT2D eigenvalue weighted by molar-refractivity contribution is 6.31. The van der Waals surface area contributed by atoms with E-state index < -0.39 is 0 Å². The van der Waals surface area contributed by atoms with E-state index in [0.717, 1.165) is 54.2 Å². The first kappa shape index (κ1) is 22.7. The lowest BCUT2D eigenvalue weighted by atomic mass is 10.0. The molecule has 5 heteroatoms. The molecule has 1 aromatic heterocycles. The van der Waals surface area contributed by atoms with E-state index in [1.807, 2.05) is 30.5 Å². The largest absolute Gasteiger partial charge is 0.384 e. The molecule has 0 amide bonds. The molecule has 0 saturated carbocycles. The lowest BCUT2D eigenvalue weighted by Gasteiger charge is -2.40. The Morgan fingerprint density at radius 1 is 0.882 bits per heavy atom. The van der Waals surface area contributed by atoms with Gasteiger partial charge in [-0.3, -0.25) is 4.98 Å². The van der Waals surface area contributed by atoms with Gasteiger partial charge in [0.15, 0.2) is 0 Å². The van der Waals surface area contributed by atoms with Gasteiger partial charge in [0.1, 0.15) is 0 Å². The molecule has 0 radical (unpaired) electrons. The molecule has 1 fully saturated rings. The normalized spacial score (nSPS) is 14.9. The maximum atomic E-state index is 6.11. The summed E-state index contributed by atoms with van der Waals surface area (Å²) >= 11 is 6.11. The number of rotatable bonds is 8. The molecule has 1 aliphatic heterocycles. The van der Waals surface area contributed by atoms with Crippen molar-refractivity contribution in [3.8, 4) is 0 Å². The molecule has 0 spiro atoms. The van der Waals surface area contributed by atoms with Crippen molar-refractivity contribution in [3.05, 3.63) is 96.1 Å². The smallest absolute Gasteiger partial charge is 0.0737 e. The van der Waals surface area contributed by atoms with Gasteiger partial charge in [0.2, 0.25) is 0 Å². The summed E-state index contributed by atoms with van der Waals surface area (Å²) in [5.74, 6) is 0. The van der Waals surface area contributed by atoms with Crippen molar-refractivity contribution < 1.29 is 0 Å². The molecule has 174 valence electrons. The van der Waals surface area contributed by atoms with E-state index in [9.17, 15) is 0 Å². The van der Waals surface area contributed by atoms with Gasteiger partial charge < -0.3 is 15.1 Å². The topological polar surface area (TPSA) is 31.4 Å². The summed E-state index contributed by atoms with van der Waals surface area (Å²) in [4.78, 5) is 9.57. The molecule has 2 heterocycles. The first-order valence-electron chi connectivity index (χ1n) is 12.2. The number of piperidine rings is 1. The molecule has 34 heavy (non-hydrogen) atoms. The Morgan fingerprint density at radius 3 is 2.24 bits per heavy atom. The van der Waals surface area contributed by atoms with Gasteiger partial charge in [0.25, 0.3) is 0 Å².